The number of hydrogen-bond acceptors (Lipinski definition) is 5. The topological polar surface area (TPSA) is 73.2 Å². The number of thiophene rings is 1. The maximum absolute atomic E-state index is 13.2. The molecule has 27 heavy (non-hydrogen) atoms. The minimum atomic E-state index is -0.555. The van der Waals surface area contributed by atoms with Crippen LogP contribution in [0.5, 0.6) is 0 Å². The lowest BCUT2D eigenvalue weighted by Crippen LogP contribution is -2.31. The molecule has 0 bridgehead atoms. The Morgan fingerprint density at radius 1 is 1.30 bits per heavy atom. The molecule has 0 aliphatic heterocycles. The summed E-state index contributed by atoms with van der Waals surface area (Å²) >= 11 is 1.22. The fourth-order valence-corrected chi connectivity index (χ4v) is 3.55. The molecule has 0 unspecified atom stereocenters. The molecule has 1 amide bonds. The minimum Gasteiger partial charge on any atom is -0.451 e. The highest BCUT2D eigenvalue weighted by molar-refractivity contribution is 7.20. The van der Waals surface area contributed by atoms with Crippen LogP contribution >= 0.6 is 11.3 Å². The fourth-order valence-electron chi connectivity index (χ4n) is 2.48. The van der Waals surface area contributed by atoms with E-state index in [2.05, 4.69) is 10.4 Å². The van der Waals surface area contributed by atoms with E-state index >= 15 is 0 Å². The lowest BCUT2D eigenvalue weighted by Gasteiger charge is -2.07. The SMILES string of the molecule is Cc1nn(-c2ccc(F)cc2)c2sc(C(=O)OCC(=O)NCC(C)C)cc12. The van der Waals surface area contributed by atoms with E-state index in [0.29, 0.717) is 23.0 Å². The van der Waals surface area contributed by atoms with Gasteiger partial charge in [0.05, 0.1) is 11.4 Å². The number of fused-ring (bicyclic) bond motifs is 1. The van der Waals surface area contributed by atoms with Crippen molar-refractivity contribution in [3.05, 3.63) is 46.7 Å². The predicted octanol–water partition coefficient (Wildman–Crippen LogP) is 3.46. The maximum Gasteiger partial charge on any atom is 0.348 e. The van der Waals surface area contributed by atoms with Crippen LogP contribution in [0.25, 0.3) is 15.9 Å². The van der Waals surface area contributed by atoms with Crippen LogP contribution in [0.4, 0.5) is 4.39 Å². The van der Waals surface area contributed by atoms with Crippen molar-refractivity contribution in [2.24, 2.45) is 5.92 Å². The number of aromatic nitrogens is 2. The van der Waals surface area contributed by atoms with E-state index in [1.807, 2.05) is 20.8 Å². The van der Waals surface area contributed by atoms with E-state index in [0.717, 1.165) is 15.9 Å². The number of halogens is 1. The molecule has 1 aromatic carbocycles. The van der Waals surface area contributed by atoms with Gasteiger partial charge in [0.2, 0.25) is 0 Å². The molecule has 0 spiro atoms. The summed E-state index contributed by atoms with van der Waals surface area (Å²) in [5, 5.41) is 7.97. The number of carbonyl (C=O) groups is 2. The van der Waals surface area contributed by atoms with E-state index in [-0.39, 0.29) is 18.3 Å². The number of ether oxygens (including phenoxy) is 1. The van der Waals surface area contributed by atoms with Crippen LogP contribution in [0.1, 0.15) is 29.2 Å². The first-order chi connectivity index (χ1) is 12.8. The quantitative estimate of drug-likeness (QED) is 0.655. The Hall–Kier alpha value is -2.74. The van der Waals surface area contributed by atoms with Gasteiger partial charge in [0.1, 0.15) is 15.5 Å². The van der Waals surface area contributed by atoms with E-state index in [1.165, 1.54) is 23.5 Å². The third kappa shape index (κ3) is 4.33. The van der Waals surface area contributed by atoms with Gasteiger partial charge in [-0.15, -0.1) is 11.3 Å². The van der Waals surface area contributed by atoms with Crippen molar-refractivity contribution < 1.29 is 18.7 Å². The Morgan fingerprint density at radius 3 is 2.67 bits per heavy atom. The van der Waals surface area contributed by atoms with Gasteiger partial charge in [-0.3, -0.25) is 4.79 Å². The van der Waals surface area contributed by atoms with Crippen LogP contribution in [-0.4, -0.2) is 34.8 Å². The van der Waals surface area contributed by atoms with Gasteiger partial charge in [-0.1, -0.05) is 13.8 Å². The summed E-state index contributed by atoms with van der Waals surface area (Å²) in [6.07, 6.45) is 0. The highest BCUT2D eigenvalue weighted by Gasteiger charge is 2.19. The van der Waals surface area contributed by atoms with Gasteiger partial charge < -0.3 is 10.1 Å². The molecule has 0 atom stereocenters. The molecule has 0 radical (unpaired) electrons. The smallest absolute Gasteiger partial charge is 0.348 e. The standard InChI is InChI=1S/C19H20FN3O3S/c1-11(2)9-21-17(24)10-26-19(25)16-8-15-12(3)22-23(18(15)27-16)14-6-4-13(20)5-7-14/h4-8,11H,9-10H2,1-3H3,(H,21,24). The number of amides is 1. The summed E-state index contributed by atoms with van der Waals surface area (Å²) in [4.78, 5) is 25.1. The average Bonchev–Trinajstić information content (AvgIpc) is 3.19. The van der Waals surface area contributed by atoms with Crippen LogP contribution in [-0.2, 0) is 9.53 Å². The summed E-state index contributed by atoms with van der Waals surface area (Å²) in [5.41, 5.74) is 1.45. The summed E-state index contributed by atoms with van der Waals surface area (Å²) in [6, 6.07) is 7.67. The second-order valence-corrected chi connectivity index (χ2v) is 7.61. The second kappa shape index (κ2) is 7.87. The molecular formula is C19H20FN3O3S. The number of nitrogens with one attached hydrogen (secondary N) is 1. The molecule has 2 aromatic heterocycles. The summed E-state index contributed by atoms with van der Waals surface area (Å²) in [5.74, 6) is -0.887. The molecular weight excluding hydrogens is 369 g/mol. The minimum absolute atomic E-state index is 0.317. The van der Waals surface area contributed by atoms with Crippen molar-refractivity contribution in [2.75, 3.05) is 13.2 Å². The normalized spacial score (nSPS) is 11.1. The van der Waals surface area contributed by atoms with E-state index in [9.17, 15) is 14.0 Å². The van der Waals surface area contributed by atoms with E-state index < -0.39 is 5.97 Å². The number of esters is 1. The van der Waals surface area contributed by atoms with Crippen molar-refractivity contribution in [3.63, 3.8) is 0 Å². The van der Waals surface area contributed by atoms with Crippen LogP contribution in [0, 0.1) is 18.7 Å². The zero-order valence-electron chi connectivity index (χ0n) is 15.3. The lowest BCUT2D eigenvalue weighted by atomic mass is 10.2. The Kier molecular flexibility index (Phi) is 5.55. The number of rotatable bonds is 6. The molecule has 1 N–H and O–H groups in total. The average molecular weight is 389 g/mol. The third-order valence-electron chi connectivity index (χ3n) is 3.86. The van der Waals surface area contributed by atoms with Crippen molar-refractivity contribution in [1.29, 1.82) is 0 Å². The first-order valence-electron chi connectivity index (χ1n) is 8.54. The van der Waals surface area contributed by atoms with Gasteiger partial charge in [-0.25, -0.2) is 13.9 Å². The number of carbonyl (C=O) groups excluding carboxylic acids is 2. The van der Waals surface area contributed by atoms with Crippen molar-refractivity contribution in [3.8, 4) is 5.69 Å². The molecule has 0 aliphatic rings. The Bertz CT molecular complexity index is 976. The van der Waals surface area contributed by atoms with Crippen LogP contribution < -0.4 is 5.32 Å². The van der Waals surface area contributed by atoms with Gasteiger partial charge in [0.25, 0.3) is 5.91 Å². The van der Waals surface area contributed by atoms with Crippen LogP contribution in [0.15, 0.2) is 30.3 Å². The molecule has 0 saturated heterocycles. The third-order valence-corrected chi connectivity index (χ3v) is 4.95. The van der Waals surface area contributed by atoms with Gasteiger partial charge >= 0.3 is 5.97 Å². The fraction of sp³-hybridized carbons (Fsp3) is 0.316. The molecule has 8 heteroatoms. The Balaban J connectivity index is 1.76. The van der Waals surface area contributed by atoms with Gasteiger partial charge in [0.15, 0.2) is 6.61 Å². The van der Waals surface area contributed by atoms with Gasteiger partial charge in [-0.2, -0.15) is 5.10 Å². The predicted molar refractivity (Wildman–Crippen MR) is 102 cm³/mol. The van der Waals surface area contributed by atoms with Crippen LogP contribution in [0.2, 0.25) is 0 Å². The number of aryl methyl sites for hydroxylation is 1. The van der Waals surface area contributed by atoms with E-state index in [4.69, 9.17) is 4.74 Å². The molecule has 0 fully saturated rings. The summed E-state index contributed by atoms with van der Waals surface area (Å²) in [7, 11) is 0. The number of nitrogens with zero attached hydrogens (tertiary/aromatic N) is 2. The monoisotopic (exact) mass is 389 g/mol. The molecule has 142 valence electrons. The van der Waals surface area contributed by atoms with Crippen molar-refractivity contribution in [1.82, 2.24) is 15.1 Å². The summed E-state index contributed by atoms with van der Waals surface area (Å²) in [6.45, 7) is 6.02. The first-order valence-corrected chi connectivity index (χ1v) is 9.35. The molecule has 3 aromatic rings. The molecule has 6 nitrogen and oxygen atoms in total. The number of benzene rings is 1. The molecule has 0 aliphatic carbocycles. The highest BCUT2D eigenvalue weighted by Crippen LogP contribution is 2.30. The van der Waals surface area contributed by atoms with E-state index in [1.54, 1.807) is 22.9 Å². The zero-order chi connectivity index (χ0) is 19.6. The van der Waals surface area contributed by atoms with Crippen LogP contribution in [0.3, 0.4) is 0 Å². The molecule has 0 saturated carbocycles. The number of hydrogen-bond donors (Lipinski definition) is 1. The summed E-state index contributed by atoms with van der Waals surface area (Å²) < 4.78 is 19.9. The molecule has 2 heterocycles. The first kappa shape index (κ1) is 19.0. The van der Waals surface area contributed by atoms with Gasteiger partial charge in [-0.05, 0) is 43.2 Å². The lowest BCUT2D eigenvalue weighted by molar-refractivity contribution is -0.124. The molecule has 3 rings (SSSR count). The largest absolute Gasteiger partial charge is 0.451 e. The Labute approximate surface area is 159 Å². The highest BCUT2D eigenvalue weighted by atomic mass is 32.1. The Morgan fingerprint density at radius 2 is 2.00 bits per heavy atom. The second-order valence-electron chi connectivity index (χ2n) is 6.58. The van der Waals surface area contributed by atoms with Crippen molar-refractivity contribution >= 4 is 33.4 Å². The maximum atomic E-state index is 13.2. The zero-order valence-corrected chi connectivity index (χ0v) is 16.1. The van der Waals surface area contributed by atoms with Crippen molar-refractivity contribution in [2.45, 2.75) is 20.8 Å². The van der Waals surface area contributed by atoms with Gasteiger partial charge in [0, 0.05) is 11.9 Å².